The van der Waals surface area contributed by atoms with Crippen molar-refractivity contribution in [3.63, 3.8) is 0 Å². The molecule has 1 heterocycles. The number of rotatable bonds is 3. The molecule has 1 amide bonds. The molecule has 4 heteroatoms. The summed E-state index contributed by atoms with van der Waals surface area (Å²) in [5.74, 6) is 0.310. The van der Waals surface area contributed by atoms with Gasteiger partial charge in [0.15, 0.2) is 0 Å². The fraction of sp³-hybridized carbons (Fsp3) is 0.556. The normalized spacial score (nSPS) is 22.7. The number of ketones is 1. The monoisotopic (exact) mass is 302 g/mol. The Balaban J connectivity index is 2.03. The first kappa shape index (κ1) is 16.7. The molecular formula is C18H26N2O2. The summed E-state index contributed by atoms with van der Waals surface area (Å²) in [4.78, 5) is 26.2. The van der Waals surface area contributed by atoms with Crippen LogP contribution in [0, 0.1) is 26.7 Å². The number of likely N-dealkylation sites (tertiary alicyclic amines) is 1. The van der Waals surface area contributed by atoms with Crippen molar-refractivity contribution < 1.29 is 9.59 Å². The highest BCUT2D eigenvalue weighted by molar-refractivity contribution is 5.94. The lowest BCUT2D eigenvalue weighted by atomic mass is 9.93. The zero-order valence-corrected chi connectivity index (χ0v) is 14.2. The van der Waals surface area contributed by atoms with Gasteiger partial charge in [-0.05, 0) is 38.8 Å². The maximum atomic E-state index is 12.4. The van der Waals surface area contributed by atoms with Crippen LogP contribution in [0.2, 0.25) is 0 Å². The number of piperidine rings is 1. The van der Waals surface area contributed by atoms with Gasteiger partial charge in [0, 0.05) is 30.6 Å². The van der Waals surface area contributed by atoms with Gasteiger partial charge < -0.3 is 5.32 Å². The van der Waals surface area contributed by atoms with Crippen molar-refractivity contribution in [1.82, 2.24) is 4.90 Å². The van der Waals surface area contributed by atoms with E-state index in [0.717, 1.165) is 16.8 Å². The third kappa shape index (κ3) is 3.74. The van der Waals surface area contributed by atoms with Gasteiger partial charge in [-0.1, -0.05) is 24.6 Å². The lowest BCUT2D eigenvalue weighted by Gasteiger charge is -2.35. The molecule has 120 valence electrons. The Morgan fingerprint density at radius 3 is 2.41 bits per heavy atom. The third-order valence-corrected chi connectivity index (χ3v) is 4.47. The topological polar surface area (TPSA) is 49.4 Å². The van der Waals surface area contributed by atoms with Crippen molar-refractivity contribution in [2.75, 3.05) is 18.4 Å². The molecule has 1 saturated heterocycles. The highest BCUT2D eigenvalue weighted by Crippen LogP contribution is 2.23. The minimum absolute atomic E-state index is 0.0107. The Bertz CT molecular complexity index is 572. The van der Waals surface area contributed by atoms with E-state index in [9.17, 15) is 9.59 Å². The van der Waals surface area contributed by atoms with E-state index in [4.69, 9.17) is 0 Å². The summed E-state index contributed by atoms with van der Waals surface area (Å²) in [5, 5.41) is 3.03. The predicted octanol–water partition coefficient (Wildman–Crippen LogP) is 2.85. The van der Waals surface area contributed by atoms with E-state index in [1.807, 2.05) is 27.7 Å². The van der Waals surface area contributed by atoms with Crippen LogP contribution in [0.25, 0.3) is 0 Å². The summed E-state index contributed by atoms with van der Waals surface area (Å²) in [6.45, 7) is 11.0. The average Bonchev–Trinajstić information content (AvgIpc) is 2.40. The van der Waals surface area contributed by atoms with E-state index < -0.39 is 0 Å². The molecule has 0 spiro atoms. The van der Waals surface area contributed by atoms with Gasteiger partial charge in [-0.2, -0.15) is 0 Å². The van der Waals surface area contributed by atoms with E-state index in [1.165, 1.54) is 5.56 Å². The number of hydrogen-bond donors (Lipinski definition) is 1. The largest absolute Gasteiger partial charge is 0.324 e. The van der Waals surface area contributed by atoms with E-state index >= 15 is 0 Å². The molecule has 1 N–H and O–H groups in total. The Morgan fingerprint density at radius 1 is 1.23 bits per heavy atom. The van der Waals surface area contributed by atoms with E-state index in [1.54, 1.807) is 0 Å². The van der Waals surface area contributed by atoms with Crippen LogP contribution >= 0.6 is 0 Å². The van der Waals surface area contributed by atoms with Crippen LogP contribution in [-0.4, -0.2) is 35.7 Å². The van der Waals surface area contributed by atoms with Crippen LogP contribution in [0.3, 0.4) is 0 Å². The van der Waals surface area contributed by atoms with Crippen molar-refractivity contribution >= 4 is 17.4 Å². The fourth-order valence-electron chi connectivity index (χ4n) is 3.22. The number of Topliss-reactive ketones (excluding diaryl/α,β-unsaturated/α-hetero) is 1. The Hall–Kier alpha value is -1.68. The van der Waals surface area contributed by atoms with Crippen LogP contribution < -0.4 is 5.32 Å². The van der Waals surface area contributed by atoms with Crippen molar-refractivity contribution in [1.29, 1.82) is 0 Å². The van der Waals surface area contributed by atoms with Gasteiger partial charge in [-0.25, -0.2) is 0 Å². The average molecular weight is 302 g/mol. The minimum Gasteiger partial charge on any atom is -0.324 e. The summed E-state index contributed by atoms with van der Waals surface area (Å²) in [6.07, 6.45) is 0.539. The quantitative estimate of drug-likeness (QED) is 0.934. The zero-order valence-electron chi connectivity index (χ0n) is 14.2. The summed E-state index contributed by atoms with van der Waals surface area (Å²) < 4.78 is 0. The molecule has 1 aromatic rings. The van der Waals surface area contributed by atoms with Crippen molar-refractivity contribution in [2.24, 2.45) is 5.92 Å². The molecule has 4 nitrogen and oxygen atoms in total. The van der Waals surface area contributed by atoms with Crippen molar-refractivity contribution in [3.05, 3.63) is 28.8 Å². The van der Waals surface area contributed by atoms with Crippen LogP contribution in [-0.2, 0) is 9.59 Å². The summed E-state index contributed by atoms with van der Waals surface area (Å²) in [5.41, 5.74) is 4.27. The maximum Gasteiger partial charge on any atom is 0.238 e. The summed E-state index contributed by atoms with van der Waals surface area (Å²) in [6, 6.07) is 4.29. The molecule has 0 bridgehead atoms. The molecule has 1 aliphatic rings. The van der Waals surface area contributed by atoms with Gasteiger partial charge in [0.05, 0.1) is 6.54 Å². The molecule has 22 heavy (non-hydrogen) atoms. The highest BCUT2D eigenvalue weighted by atomic mass is 16.2. The molecule has 1 fully saturated rings. The lowest BCUT2D eigenvalue weighted by Crippen LogP contribution is -2.48. The number of hydrogen-bond acceptors (Lipinski definition) is 3. The summed E-state index contributed by atoms with van der Waals surface area (Å²) in [7, 11) is 0. The molecule has 0 aromatic heterocycles. The number of carbonyl (C=O) groups excluding carboxylic acids is 2. The molecule has 1 aliphatic heterocycles. The highest BCUT2D eigenvalue weighted by Gasteiger charge is 2.30. The first-order valence-corrected chi connectivity index (χ1v) is 7.92. The molecule has 2 rings (SSSR count). The van der Waals surface area contributed by atoms with E-state index in [0.29, 0.717) is 25.3 Å². The lowest BCUT2D eigenvalue weighted by molar-refractivity contribution is -0.129. The minimum atomic E-state index is -0.0107. The van der Waals surface area contributed by atoms with Gasteiger partial charge >= 0.3 is 0 Å². The first-order chi connectivity index (χ1) is 10.3. The van der Waals surface area contributed by atoms with Gasteiger partial charge in [0.2, 0.25) is 5.91 Å². The number of aryl methyl sites for hydroxylation is 3. The standard InChI is InChI=1S/C18H26N2O2/c1-11-6-12(2)18(13(3)7-11)19-17(22)10-20-9-14(4)16(21)8-15(20)5/h6-7,14-15H,8-10H2,1-5H3,(H,19,22). The fourth-order valence-corrected chi connectivity index (χ4v) is 3.22. The molecular weight excluding hydrogens is 276 g/mol. The third-order valence-electron chi connectivity index (χ3n) is 4.47. The Labute approximate surface area is 132 Å². The van der Waals surface area contributed by atoms with E-state index in [-0.39, 0.29) is 17.9 Å². The van der Waals surface area contributed by atoms with Gasteiger partial charge in [-0.15, -0.1) is 0 Å². The zero-order chi connectivity index (χ0) is 16.4. The molecule has 2 atom stereocenters. The second kappa shape index (κ2) is 6.61. The second-order valence-corrected chi connectivity index (χ2v) is 6.67. The van der Waals surface area contributed by atoms with Crippen LogP contribution in [0.4, 0.5) is 5.69 Å². The number of amides is 1. The molecule has 0 aliphatic carbocycles. The summed E-state index contributed by atoms with van der Waals surface area (Å²) >= 11 is 0. The Morgan fingerprint density at radius 2 is 1.82 bits per heavy atom. The van der Waals surface area contributed by atoms with Gasteiger partial charge in [0.25, 0.3) is 0 Å². The number of anilines is 1. The SMILES string of the molecule is Cc1cc(C)c(NC(=O)CN2CC(C)C(=O)CC2C)c(C)c1. The van der Waals surface area contributed by atoms with E-state index in [2.05, 4.69) is 29.3 Å². The first-order valence-electron chi connectivity index (χ1n) is 7.92. The number of nitrogens with one attached hydrogen (secondary N) is 1. The van der Waals surface area contributed by atoms with Crippen LogP contribution in [0.15, 0.2) is 12.1 Å². The van der Waals surface area contributed by atoms with Gasteiger partial charge in [-0.3, -0.25) is 14.5 Å². The van der Waals surface area contributed by atoms with Crippen molar-refractivity contribution in [2.45, 2.75) is 47.1 Å². The van der Waals surface area contributed by atoms with Crippen LogP contribution in [0.5, 0.6) is 0 Å². The number of benzene rings is 1. The van der Waals surface area contributed by atoms with Crippen LogP contribution in [0.1, 0.15) is 37.0 Å². The molecule has 1 aromatic carbocycles. The molecule has 2 unspecified atom stereocenters. The van der Waals surface area contributed by atoms with Gasteiger partial charge in [0.1, 0.15) is 5.78 Å². The number of nitrogens with zero attached hydrogens (tertiary/aromatic N) is 1. The Kier molecular flexibility index (Phi) is 5.01. The smallest absolute Gasteiger partial charge is 0.238 e. The number of carbonyl (C=O) groups is 2. The molecule has 0 radical (unpaired) electrons. The van der Waals surface area contributed by atoms with Crippen molar-refractivity contribution in [3.8, 4) is 0 Å². The predicted molar refractivity (Wildman–Crippen MR) is 89.1 cm³/mol. The maximum absolute atomic E-state index is 12.4. The second-order valence-electron chi connectivity index (χ2n) is 6.67. The molecule has 0 saturated carbocycles.